The van der Waals surface area contributed by atoms with E-state index in [2.05, 4.69) is 14.9 Å². The van der Waals surface area contributed by atoms with Gasteiger partial charge in [-0.15, -0.1) is 0 Å². The number of nitrogens with one attached hydrogen (secondary N) is 1. The van der Waals surface area contributed by atoms with Crippen molar-refractivity contribution < 1.29 is 8.78 Å². The van der Waals surface area contributed by atoms with Crippen molar-refractivity contribution in [1.82, 2.24) is 14.9 Å². The molecular formula is C17H20F2N4O. The average molecular weight is 334 g/mol. The van der Waals surface area contributed by atoms with Gasteiger partial charge in [-0.05, 0) is 24.1 Å². The summed E-state index contributed by atoms with van der Waals surface area (Å²) in [7, 11) is 3.65. The van der Waals surface area contributed by atoms with Gasteiger partial charge in [-0.1, -0.05) is 0 Å². The SMILES string of the molecule is CN(C)c1nc2c(c(=O)[nH]1)CCN(Cc1cc(F)cc(F)c1)CC2. The molecule has 5 nitrogen and oxygen atoms in total. The molecule has 128 valence electrons. The van der Waals surface area contributed by atoms with Crippen LogP contribution in [0, 0.1) is 11.6 Å². The smallest absolute Gasteiger partial charge is 0.255 e. The number of aromatic amines is 1. The van der Waals surface area contributed by atoms with Gasteiger partial charge in [-0.25, -0.2) is 13.8 Å². The lowest BCUT2D eigenvalue weighted by molar-refractivity contribution is 0.278. The van der Waals surface area contributed by atoms with E-state index in [9.17, 15) is 13.6 Å². The van der Waals surface area contributed by atoms with Crippen molar-refractivity contribution in [2.45, 2.75) is 19.4 Å². The van der Waals surface area contributed by atoms with E-state index < -0.39 is 11.6 Å². The molecule has 2 heterocycles. The summed E-state index contributed by atoms with van der Waals surface area (Å²) in [5.74, 6) is -0.604. The van der Waals surface area contributed by atoms with E-state index in [4.69, 9.17) is 0 Å². The summed E-state index contributed by atoms with van der Waals surface area (Å²) in [6, 6.07) is 3.56. The number of benzene rings is 1. The van der Waals surface area contributed by atoms with Gasteiger partial charge in [0, 0.05) is 51.8 Å². The molecule has 0 saturated heterocycles. The molecule has 24 heavy (non-hydrogen) atoms. The summed E-state index contributed by atoms with van der Waals surface area (Å²) in [5.41, 5.74) is 1.99. The van der Waals surface area contributed by atoms with Crippen molar-refractivity contribution in [2.75, 3.05) is 32.1 Å². The van der Waals surface area contributed by atoms with Crippen LogP contribution in [-0.4, -0.2) is 42.1 Å². The lowest BCUT2D eigenvalue weighted by Gasteiger charge is -2.19. The standard InChI is InChI=1S/C17H20F2N4O/c1-22(2)17-20-15-4-6-23(5-3-14(15)16(24)21-17)10-11-7-12(18)9-13(19)8-11/h7-9H,3-6,10H2,1-2H3,(H,20,21,24). The maximum atomic E-state index is 13.3. The Labute approximate surface area is 138 Å². The monoisotopic (exact) mass is 334 g/mol. The highest BCUT2D eigenvalue weighted by molar-refractivity contribution is 5.32. The third-order valence-electron chi connectivity index (χ3n) is 4.18. The van der Waals surface area contributed by atoms with Crippen LogP contribution >= 0.6 is 0 Å². The van der Waals surface area contributed by atoms with Gasteiger partial charge in [0.2, 0.25) is 5.95 Å². The van der Waals surface area contributed by atoms with E-state index >= 15 is 0 Å². The van der Waals surface area contributed by atoms with Crippen molar-refractivity contribution in [2.24, 2.45) is 0 Å². The highest BCUT2D eigenvalue weighted by Gasteiger charge is 2.19. The van der Waals surface area contributed by atoms with Crippen LogP contribution in [-0.2, 0) is 19.4 Å². The van der Waals surface area contributed by atoms with Crippen LogP contribution in [0.5, 0.6) is 0 Å². The van der Waals surface area contributed by atoms with Gasteiger partial charge in [0.15, 0.2) is 0 Å². The van der Waals surface area contributed by atoms with Crippen LogP contribution in [0.4, 0.5) is 14.7 Å². The first-order valence-electron chi connectivity index (χ1n) is 7.89. The molecule has 0 fully saturated rings. The van der Waals surface area contributed by atoms with E-state index in [-0.39, 0.29) is 5.56 Å². The zero-order valence-electron chi connectivity index (χ0n) is 13.8. The number of aromatic nitrogens is 2. The fourth-order valence-electron chi connectivity index (χ4n) is 2.97. The largest absolute Gasteiger partial charge is 0.348 e. The molecule has 0 saturated carbocycles. The molecule has 3 rings (SSSR count). The summed E-state index contributed by atoms with van der Waals surface area (Å²) in [5, 5.41) is 0. The Balaban J connectivity index is 1.78. The minimum absolute atomic E-state index is 0.109. The first-order valence-corrected chi connectivity index (χ1v) is 7.89. The van der Waals surface area contributed by atoms with Crippen LogP contribution in [0.25, 0.3) is 0 Å². The molecule has 0 bridgehead atoms. The number of nitrogens with zero attached hydrogens (tertiary/aromatic N) is 3. The minimum atomic E-state index is -0.572. The van der Waals surface area contributed by atoms with Gasteiger partial charge in [-0.2, -0.15) is 0 Å². The van der Waals surface area contributed by atoms with Crippen molar-refractivity contribution in [3.63, 3.8) is 0 Å². The van der Waals surface area contributed by atoms with Crippen LogP contribution in [0.15, 0.2) is 23.0 Å². The van der Waals surface area contributed by atoms with Crippen molar-refractivity contribution in [3.8, 4) is 0 Å². The summed E-state index contributed by atoms with van der Waals surface area (Å²) in [4.78, 5) is 23.4. The van der Waals surface area contributed by atoms with Crippen LogP contribution in [0.1, 0.15) is 16.8 Å². The second kappa shape index (κ2) is 6.68. The Morgan fingerprint density at radius 2 is 1.83 bits per heavy atom. The zero-order chi connectivity index (χ0) is 17.3. The number of halogens is 2. The van der Waals surface area contributed by atoms with E-state index in [0.29, 0.717) is 49.6 Å². The summed E-state index contributed by atoms with van der Waals surface area (Å²) >= 11 is 0. The molecule has 1 aliphatic rings. The zero-order valence-corrected chi connectivity index (χ0v) is 13.8. The molecule has 1 aromatic carbocycles. The van der Waals surface area contributed by atoms with Gasteiger partial charge in [0.25, 0.3) is 5.56 Å². The molecule has 0 atom stereocenters. The Bertz CT molecular complexity index is 783. The summed E-state index contributed by atoms with van der Waals surface area (Å²) < 4.78 is 26.7. The number of hydrogen-bond donors (Lipinski definition) is 1. The fraction of sp³-hybridized carbons (Fsp3) is 0.412. The maximum Gasteiger partial charge on any atom is 0.255 e. The Morgan fingerprint density at radius 1 is 1.17 bits per heavy atom. The van der Waals surface area contributed by atoms with Crippen LogP contribution < -0.4 is 10.5 Å². The fourth-order valence-corrected chi connectivity index (χ4v) is 2.97. The van der Waals surface area contributed by atoms with Gasteiger partial charge in [0.1, 0.15) is 11.6 Å². The minimum Gasteiger partial charge on any atom is -0.348 e. The first kappa shape index (κ1) is 16.6. The van der Waals surface area contributed by atoms with E-state index in [1.165, 1.54) is 12.1 Å². The molecule has 0 amide bonds. The van der Waals surface area contributed by atoms with Gasteiger partial charge in [0.05, 0.1) is 5.69 Å². The molecule has 0 unspecified atom stereocenters. The second-order valence-electron chi connectivity index (χ2n) is 6.26. The first-order chi connectivity index (χ1) is 11.4. The summed E-state index contributed by atoms with van der Waals surface area (Å²) in [6.45, 7) is 1.78. The predicted octanol–water partition coefficient (Wildman–Crippen LogP) is 1.71. The number of anilines is 1. The third kappa shape index (κ3) is 3.62. The second-order valence-corrected chi connectivity index (χ2v) is 6.26. The Morgan fingerprint density at radius 3 is 2.50 bits per heavy atom. The average Bonchev–Trinajstić information content (AvgIpc) is 2.69. The van der Waals surface area contributed by atoms with Crippen LogP contribution in [0.2, 0.25) is 0 Å². The highest BCUT2D eigenvalue weighted by atomic mass is 19.1. The molecule has 0 spiro atoms. The highest BCUT2D eigenvalue weighted by Crippen LogP contribution is 2.16. The maximum absolute atomic E-state index is 13.3. The molecule has 1 N–H and O–H groups in total. The number of fused-ring (bicyclic) bond motifs is 1. The van der Waals surface area contributed by atoms with E-state index in [1.54, 1.807) is 4.90 Å². The quantitative estimate of drug-likeness (QED) is 0.929. The number of H-pyrrole nitrogens is 1. The molecule has 1 aliphatic heterocycles. The lowest BCUT2D eigenvalue weighted by Crippen LogP contribution is -2.26. The molecule has 0 aliphatic carbocycles. The van der Waals surface area contributed by atoms with Crippen LogP contribution in [0.3, 0.4) is 0 Å². The predicted molar refractivity (Wildman–Crippen MR) is 88.2 cm³/mol. The van der Waals surface area contributed by atoms with Crippen molar-refractivity contribution in [3.05, 3.63) is 57.0 Å². The molecule has 0 radical (unpaired) electrons. The number of rotatable bonds is 3. The third-order valence-corrected chi connectivity index (χ3v) is 4.18. The molecule has 7 heteroatoms. The molecular weight excluding hydrogens is 314 g/mol. The van der Waals surface area contributed by atoms with Crippen molar-refractivity contribution >= 4 is 5.95 Å². The topological polar surface area (TPSA) is 52.2 Å². The van der Waals surface area contributed by atoms with Crippen molar-refractivity contribution in [1.29, 1.82) is 0 Å². The normalized spacial score (nSPS) is 15.0. The van der Waals surface area contributed by atoms with Gasteiger partial charge < -0.3 is 4.90 Å². The van der Waals surface area contributed by atoms with Gasteiger partial charge in [-0.3, -0.25) is 14.7 Å². The molecule has 2 aromatic rings. The lowest BCUT2D eigenvalue weighted by atomic mass is 10.1. The molecule has 1 aromatic heterocycles. The number of hydrogen-bond acceptors (Lipinski definition) is 4. The van der Waals surface area contributed by atoms with Gasteiger partial charge >= 0.3 is 0 Å². The van der Waals surface area contributed by atoms with E-state index in [0.717, 1.165) is 11.8 Å². The summed E-state index contributed by atoms with van der Waals surface area (Å²) in [6.07, 6.45) is 1.21. The Hall–Kier alpha value is -2.28. The Kier molecular flexibility index (Phi) is 4.62. The van der Waals surface area contributed by atoms with E-state index in [1.807, 2.05) is 14.1 Å².